The first-order valence-electron chi connectivity index (χ1n) is 29.7. The maximum absolute atomic E-state index is 2.81. The molecule has 0 aromatic heterocycles. The molecule has 3 nitrogen and oxygen atoms in total. The van der Waals surface area contributed by atoms with Crippen molar-refractivity contribution < 1.29 is 0 Å². The van der Waals surface area contributed by atoms with Gasteiger partial charge >= 0.3 is 0 Å². The summed E-state index contributed by atoms with van der Waals surface area (Å²) in [5.74, 6) is 0. The second-order valence-corrected chi connectivity index (χ2v) is 26.3. The van der Waals surface area contributed by atoms with Gasteiger partial charge in [-0.2, -0.15) is 0 Å². The van der Waals surface area contributed by atoms with Crippen LogP contribution in [0.1, 0.15) is 107 Å². The summed E-state index contributed by atoms with van der Waals surface area (Å²) < 4.78 is 0. The number of hydrogen-bond donors (Lipinski definition) is 0. The quantitative estimate of drug-likeness (QED) is 0.154. The van der Waals surface area contributed by atoms with Crippen molar-refractivity contribution in [3.63, 3.8) is 0 Å². The van der Waals surface area contributed by atoms with Gasteiger partial charge < -0.3 is 14.7 Å². The maximum Gasteiger partial charge on any atom is 0.252 e. The monoisotopic (exact) mass is 1050 g/mol. The highest BCUT2D eigenvalue weighted by molar-refractivity contribution is 7.00. The number of benzene rings is 10. The van der Waals surface area contributed by atoms with Crippen LogP contribution >= 0.6 is 0 Å². The summed E-state index contributed by atoms with van der Waals surface area (Å²) in [7, 11) is 0. The molecular weight excluding hydrogens is 978 g/mol. The van der Waals surface area contributed by atoms with Crippen molar-refractivity contribution in [2.24, 2.45) is 0 Å². The summed E-state index contributed by atoms with van der Waals surface area (Å²) >= 11 is 0. The molecule has 0 amide bonds. The van der Waals surface area contributed by atoms with Crippen LogP contribution in [-0.2, 0) is 41.0 Å². The van der Waals surface area contributed by atoms with E-state index in [4.69, 9.17) is 0 Å². The lowest BCUT2D eigenvalue weighted by Gasteiger charge is -2.52. The van der Waals surface area contributed by atoms with Crippen molar-refractivity contribution in [3.05, 3.63) is 257 Å². The first-order chi connectivity index (χ1) is 39.2. The minimum atomic E-state index is -0.437. The fourth-order valence-electron chi connectivity index (χ4n) is 15.2. The van der Waals surface area contributed by atoms with Gasteiger partial charge in [-0.05, 0) is 188 Å². The highest BCUT2D eigenvalue weighted by Gasteiger charge is 2.60. The average Bonchev–Trinajstić information content (AvgIpc) is 3.87. The number of fused-ring (bicyclic) bond motifs is 10. The minimum Gasteiger partial charge on any atom is -0.330 e. The summed E-state index contributed by atoms with van der Waals surface area (Å²) in [5, 5.41) is 0. The van der Waals surface area contributed by atoms with Crippen molar-refractivity contribution in [1.82, 2.24) is 0 Å². The molecule has 15 rings (SSSR count). The predicted octanol–water partition coefficient (Wildman–Crippen LogP) is 18.1. The molecule has 3 heterocycles. The Morgan fingerprint density at radius 1 is 0.383 bits per heavy atom. The molecule has 0 N–H and O–H groups in total. The molecule has 10 aromatic rings. The van der Waals surface area contributed by atoms with Gasteiger partial charge in [0.15, 0.2) is 0 Å². The van der Waals surface area contributed by atoms with E-state index in [1.54, 1.807) is 0 Å². The molecular formula is C77H70BN3. The third-order valence-corrected chi connectivity index (χ3v) is 19.7. The van der Waals surface area contributed by atoms with Gasteiger partial charge in [0, 0.05) is 50.8 Å². The molecule has 5 aliphatic rings. The van der Waals surface area contributed by atoms with Gasteiger partial charge in [-0.25, -0.2) is 0 Å². The fourth-order valence-corrected chi connectivity index (χ4v) is 15.2. The Kier molecular flexibility index (Phi) is 11.1. The third-order valence-electron chi connectivity index (χ3n) is 19.7. The van der Waals surface area contributed by atoms with Gasteiger partial charge in [-0.3, -0.25) is 0 Å². The molecule has 3 aliphatic heterocycles. The average molecular weight is 1050 g/mol. The molecule has 10 aromatic carbocycles. The number of nitrogens with zero attached hydrogens (tertiary/aromatic N) is 3. The molecule has 4 heteroatoms. The second kappa shape index (κ2) is 18.1. The summed E-state index contributed by atoms with van der Waals surface area (Å²) in [6, 6.07) is 84.5. The Labute approximate surface area is 480 Å². The summed E-state index contributed by atoms with van der Waals surface area (Å²) in [6.07, 6.45) is 5.46. The zero-order chi connectivity index (χ0) is 55.2. The van der Waals surface area contributed by atoms with Crippen molar-refractivity contribution in [3.8, 4) is 33.4 Å². The van der Waals surface area contributed by atoms with E-state index in [2.05, 4.69) is 288 Å². The molecule has 0 radical (unpaired) electrons. The van der Waals surface area contributed by atoms with Crippen LogP contribution in [0.5, 0.6) is 0 Å². The van der Waals surface area contributed by atoms with Crippen molar-refractivity contribution in [1.29, 1.82) is 0 Å². The van der Waals surface area contributed by atoms with Crippen LogP contribution in [0.2, 0.25) is 0 Å². The molecule has 0 spiro atoms. The van der Waals surface area contributed by atoms with E-state index < -0.39 is 5.54 Å². The highest BCUT2D eigenvalue weighted by Crippen LogP contribution is 2.65. The Bertz CT molecular complexity index is 4170. The predicted molar refractivity (Wildman–Crippen MR) is 344 cm³/mol. The lowest BCUT2D eigenvalue weighted by atomic mass is 9.33. The largest absolute Gasteiger partial charge is 0.330 e. The zero-order valence-electron chi connectivity index (χ0n) is 48.2. The van der Waals surface area contributed by atoms with E-state index in [0.29, 0.717) is 0 Å². The number of rotatable bonds is 6. The van der Waals surface area contributed by atoms with Gasteiger partial charge in [0.05, 0.1) is 11.2 Å². The van der Waals surface area contributed by atoms with Crippen LogP contribution in [0.25, 0.3) is 33.4 Å². The number of hydrogen-bond acceptors (Lipinski definition) is 3. The van der Waals surface area contributed by atoms with E-state index in [1.165, 1.54) is 135 Å². The van der Waals surface area contributed by atoms with Crippen LogP contribution < -0.4 is 31.1 Å². The molecule has 81 heavy (non-hydrogen) atoms. The molecule has 0 bridgehead atoms. The van der Waals surface area contributed by atoms with E-state index in [0.717, 1.165) is 31.4 Å². The SMILES string of the molecule is CC(C)(C)c1ccc(N2c3cc4c(cc3B3c5ccc(-c6ccccc6)cc5N(c5cccc(-c6ccccc6)c5)c5cc(N6c7ccc(C(C)(C)C)cc7C7(C)CCc8ccccc8C67C)cc2c53)CCC4)c(-c2ccccc2)c1. The van der Waals surface area contributed by atoms with Crippen LogP contribution in [0.4, 0.5) is 45.5 Å². The van der Waals surface area contributed by atoms with E-state index in [9.17, 15) is 0 Å². The van der Waals surface area contributed by atoms with Gasteiger partial charge in [0.25, 0.3) is 6.71 Å². The van der Waals surface area contributed by atoms with Crippen LogP contribution in [-0.4, -0.2) is 6.71 Å². The normalized spacial score (nSPS) is 18.4. The lowest BCUT2D eigenvalue weighted by molar-refractivity contribution is 0.245. The Morgan fingerprint density at radius 2 is 0.963 bits per heavy atom. The van der Waals surface area contributed by atoms with E-state index in [1.807, 2.05) is 0 Å². The first kappa shape index (κ1) is 49.7. The topological polar surface area (TPSA) is 9.72 Å². The highest BCUT2D eigenvalue weighted by atomic mass is 15.3. The van der Waals surface area contributed by atoms with Gasteiger partial charge in [0.1, 0.15) is 0 Å². The molecule has 0 saturated carbocycles. The summed E-state index contributed by atoms with van der Waals surface area (Å²) in [6.45, 7) is 19.3. The number of aryl methyl sites for hydroxylation is 3. The zero-order valence-corrected chi connectivity index (χ0v) is 48.2. The standard InChI is InChI=1S/C77H70BN3/c1-74(2,3)58-35-38-67(62(46-58)52-26-16-11-17-27-52)80-70-44-56-30-20-29-55(56)43-66(70)78-65-37-34-57(51-24-14-10-15-25-51)45-69(65)79(60-32-21-31-54(42-60)50-22-12-9-13-23-50)71-48-61(49-72(80)73(71)78)81-68-39-36-59(75(4,5)6)47-64(68)76(7)41-40-53-28-18-19-33-63(53)77(76,81)8/h9-19,21-28,31-39,42-49H,20,29-30,40-41H2,1-8H3. The van der Waals surface area contributed by atoms with Crippen molar-refractivity contribution >= 4 is 68.6 Å². The Balaban J connectivity index is 1.10. The minimum absolute atomic E-state index is 0.0133. The summed E-state index contributed by atoms with van der Waals surface area (Å²) in [4.78, 5) is 8.18. The van der Waals surface area contributed by atoms with Crippen LogP contribution in [0.15, 0.2) is 218 Å². The molecule has 396 valence electrons. The molecule has 2 unspecified atom stereocenters. The Morgan fingerprint density at radius 3 is 1.65 bits per heavy atom. The molecule has 2 aliphatic carbocycles. The lowest BCUT2D eigenvalue weighted by Crippen LogP contribution is -2.61. The van der Waals surface area contributed by atoms with Gasteiger partial charge in [-0.15, -0.1) is 0 Å². The van der Waals surface area contributed by atoms with E-state index >= 15 is 0 Å². The van der Waals surface area contributed by atoms with E-state index in [-0.39, 0.29) is 23.0 Å². The molecule has 0 saturated heterocycles. The number of anilines is 8. The third kappa shape index (κ3) is 7.55. The fraction of sp³-hybridized carbons (Fsp3) is 0.221. The van der Waals surface area contributed by atoms with Crippen LogP contribution in [0.3, 0.4) is 0 Å². The second-order valence-electron chi connectivity index (χ2n) is 26.3. The van der Waals surface area contributed by atoms with Gasteiger partial charge in [0.2, 0.25) is 0 Å². The molecule has 2 atom stereocenters. The maximum atomic E-state index is 2.81. The van der Waals surface area contributed by atoms with Crippen molar-refractivity contribution in [2.45, 2.75) is 109 Å². The smallest absolute Gasteiger partial charge is 0.252 e. The molecule has 0 fully saturated rings. The first-order valence-corrected chi connectivity index (χ1v) is 29.7. The van der Waals surface area contributed by atoms with Gasteiger partial charge in [-0.1, -0.05) is 212 Å². The Hall–Kier alpha value is -8.34. The van der Waals surface area contributed by atoms with Crippen LogP contribution in [0, 0.1) is 0 Å². The van der Waals surface area contributed by atoms with Crippen molar-refractivity contribution in [2.75, 3.05) is 14.7 Å². The summed E-state index contributed by atoms with van der Waals surface area (Å²) in [5.41, 5.74) is 30.4.